The molecule has 0 aliphatic heterocycles. The van der Waals surface area contributed by atoms with Gasteiger partial charge in [0.15, 0.2) is 0 Å². The number of nitrogens with one attached hydrogen (secondary N) is 1. The van der Waals surface area contributed by atoms with Gasteiger partial charge in [0.05, 0.1) is 0 Å². The van der Waals surface area contributed by atoms with Crippen LogP contribution in [0.1, 0.15) is 25.3 Å². The third kappa shape index (κ3) is 5.85. The van der Waals surface area contributed by atoms with Gasteiger partial charge in [-0.05, 0) is 37.1 Å². The van der Waals surface area contributed by atoms with Gasteiger partial charge in [-0.2, -0.15) is 0 Å². The Kier molecular flexibility index (Phi) is 8.05. The van der Waals surface area contributed by atoms with Crippen molar-refractivity contribution in [3.8, 4) is 0 Å². The highest BCUT2D eigenvalue weighted by atomic mass is 32.2. The van der Waals surface area contributed by atoms with E-state index in [1.54, 1.807) is 24.9 Å². The Morgan fingerprint density at radius 1 is 1.39 bits per heavy atom. The molecule has 2 nitrogen and oxygen atoms in total. The summed E-state index contributed by atoms with van der Waals surface area (Å²) in [6, 6.07) is 5.49. The average Bonchev–Trinajstić information content (AvgIpc) is 2.37. The van der Waals surface area contributed by atoms with Crippen molar-refractivity contribution in [2.45, 2.75) is 31.2 Å². The molecule has 0 unspecified atom stereocenters. The molecule has 0 heterocycles. The number of rotatable bonds is 9. The predicted molar refractivity (Wildman–Crippen MR) is 75.6 cm³/mol. The van der Waals surface area contributed by atoms with Crippen LogP contribution in [0.3, 0.4) is 0 Å². The van der Waals surface area contributed by atoms with Crippen LogP contribution < -0.4 is 5.32 Å². The van der Waals surface area contributed by atoms with Crippen LogP contribution in [0.15, 0.2) is 23.1 Å². The number of halogens is 1. The third-order valence-electron chi connectivity index (χ3n) is 2.50. The summed E-state index contributed by atoms with van der Waals surface area (Å²) in [6.07, 6.45) is 2.04. The van der Waals surface area contributed by atoms with E-state index in [0.717, 1.165) is 48.7 Å². The molecule has 0 amide bonds. The Bertz CT molecular complexity index is 347. The molecule has 102 valence electrons. The fourth-order valence-corrected chi connectivity index (χ4v) is 2.41. The summed E-state index contributed by atoms with van der Waals surface area (Å²) < 4.78 is 18.8. The van der Waals surface area contributed by atoms with Crippen molar-refractivity contribution >= 4 is 11.8 Å². The Morgan fingerprint density at radius 3 is 2.89 bits per heavy atom. The molecule has 0 aromatic heterocycles. The van der Waals surface area contributed by atoms with Crippen LogP contribution in [0.2, 0.25) is 0 Å². The van der Waals surface area contributed by atoms with Gasteiger partial charge in [0.25, 0.3) is 0 Å². The smallest absolute Gasteiger partial charge is 0.137 e. The maximum Gasteiger partial charge on any atom is 0.137 e. The minimum atomic E-state index is -0.117. The van der Waals surface area contributed by atoms with E-state index >= 15 is 0 Å². The molecule has 1 rings (SSSR count). The summed E-state index contributed by atoms with van der Waals surface area (Å²) in [5.74, 6) is 0.770. The summed E-state index contributed by atoms with van der Waals surface area (Å²) in [5.41, 5.74) is 1.00. The highest BCUT2D eigenvalue weighted by Crippen LogP contribution is 2.23. The van der Waals surface area contributed by atoms with Crippen molar-refractivity contribution in [1.82, 2.24) is 5.32 Å². The molecule has 0 aliphatic rings. The van der Waals surface area contributed by atoms with Gasteiger partial charge in [-0.3, -0.25) is 0 Å². The highest BCUT2D eigenvalue weighted by Gasteiger charge is 2.04. The van der Waals surface area contributed by atoms with Crippen molar-refractivity contribution < 1.29 is 9.13 Å². The van der Waals surface area contributed by atoms with E-state index in [9.17, 15) is 4.39 Å². The van der Waals surface area contributed by atoms with Gasteiger partial charge >= 0.3 is 0 Å². The monoisotopic (exact) mass is 271 g/mol. The third-order valence-corrected chi connectivity index (χ3v) is 3.64. The maximum absolute atomic E-state index is 13.8. The van der Waals surface area contributed by atoms with Crippen LogP contribution in [-0.2, 0) is 11.3 Å². The Morgan fingerprint density at radius 2 is 2.22 bits per heavy atom. The van der Waals surface area contributed by atoms with E-state index in [-0.39, 0.29) is 5.82 Å². The second-order valence-electron chi connectivity index (χ2n) is 4.14. The van der Waals surface area contributed by atoms with Gasteiger partial charge in [0.1, 0.15) is 5.82 Å². The van der Waals surface area contributed by atoms with Crippen molar-refractivity contribution in [2.24, 2.45) is 0 Å². The van der Waals surface area contributed by atoms with E-state index in [4.69, 9.17) is 4.74 Å². The molecule has 0 spiro atoms. The van der Waals surface area contributed by atoms with Crippen LogP contribution in [0.4, 0.5) is 4.39 Å². The van der Waals surface area contributed by atoms with Gasteiger partial charge in [0, 0.05) is 30.9 Å². The first-order valence-corrected chi connectivity index (χ1v) is 7.37. The van der Waals surface area contributed by atoms with E-state index in [0.29, 0.717) is 0 Å². The SMILES string of the molecule is CCCNCc1ccc(SCCCOC)c(F)c1. The Hall–Kier alpha value is -0.580. The largest absolute Gasteiger partial charge is 0.385 e. The molecule has 18 heavy (non-hydrogen) atoms. The summed E-state index contributed by atoms with van der Waals surface area (Å²) >= 11 is 1.55. The van der Waals surface area contributed by atoms with E-state index in [1.165, 1.54) is 0 Å². The molecule has 1 aromatic rings. The Balaban J connectivity index is 2.41. The summed E-state index contributed by atoms with van der Waals surface area (Å²) in [4.78, 5) is 0.727. The summed E-state index contributed by atoms with van der Waals surface area (Å²) in [7, 11) is 1.68. The van der Waals surface area contributed by atoms with Gasteiger partial charge in [-0.1, -0.05) is 13.0 Å². The zero-order chi connectivity index (χ0) is 13.2. The standard InChI is InChI=1S/C14H22FNOS/c1-3-7-16-11-12-5-6-14(13(15)10-12)18-9-4-8-17-2/h5-6,10,16H,3-4,7-9,11H2,1-2H3. The minimum Gasteiger partial charge on any atom is -0.385 e. The number of ether oxygens (including phenoxy) is 1. The van der Waals surface area contributed by atoms with Crippen LogP contribution in [0.5, 0.6) is 0 Å². The lowest BCUT2D eigenvalue weighted by Gasteiger charge is -2.07. The zero-order valence-electron chi connectivity index (χ0n) is 11.2. The first-order valence-electron chi connectivity index (χ1n) is 6.38. The molecule has 0 saturated heterocycles. The average molecular weight is 271 g/mol. The van der Waals surface area contributed by atoms with E-state index in [2.05, 4.69) is 12.2 Å². The molecule has 1 aromatic carbocycles. The van der Waals surface area contributed by atoms with Gasteiger partial charge < -0.3 is 10.1 Å². The summed E-state index contributed by atoms with van der Waals surface area (Å²) in [5, 5.41) is 3.27. The second kappa shape index (κ2) is 9.36. The van der Waals surface area contributed by atoms with Gasteiger partial charge in [-0.25, -0.2) is 4.39 Å². The van der Waals surface area contributed by atoms with Crippen LogP contribution in [-0.4, -0.2) is 26.0 Å². The summed E-state index contributed by atoms with van der Waals surface area (Å²) in [6.45, 7) is 4.55. The Labute approximate surface area is 113 Å². The first-order chi connectivity index (χ1) is 8.77. The molecule has 0 saturated carbocycles. The fourth-order valence-electron chi connectivity index (χ4n) is 1.57. The second-order valence-corrected chi connectivity index (χ2v) is 5.27. The molecule has 1 N–H and O–H groups in total. The van der Waals surface area contributed by atoms with E-state index in [1.807, 2.05) is 12.1 Å². The van der Waals surface area contributed by atoms with Gasteiger partial charge in [-0.15, -0.1) is 11.8 Å². The molecular weight excluding hydrogens is 249 g/mol. The molecule has 0 atom stereocenters. The maximum atomic E-state index is 13.8. The first kappa shape index (κ1) is 15.5. The number of hydrogen-bond acceptors (Lipinski definition) is 3. The van der Waals surface area contributed by atoms with Crippen molar-refractivity contribution in [1.29, 1.82) is 0 Å². The molecule has 0 bridgehead atoms. The van der Waals surface area contributed by atoms with Crippen molar-refractivity contribution in [3.63, 3.8) is 0 Å². The number of benzene rings is 1. The van der Waals surface area contributed by atoms with Gasteiger partial charge in [0.2, 0.25) is 0 Å². The number of hydrogen-bond donors (Lipinski definition) is 1. The highest BCUT2D eigenvalue weighted by molar-refractivity contribution is 7.99. The molecule has 0 aliphatic carbocycles. The molecule has 4 heteroatoms. The number of thioether (sulfide) groups is 1. The lowest BCUT2D eigenvalue weighted by Crippen LogP contribution is -2.13. The quantitative estimate of drug-likeness (QED) is 0.549. The lowest BCUT2D eigenvalue weighted by molar-refractivity contribution is 0.200. The number of methoxy groups -OCH3 is 1. The normalized spacial score (nSPS) is 10.8. The molecule has 0 fully saturated rings. The van der Waals surface area contributed by atoms with Crippen molar-refractivity contribution in [2.75, 3.05) is 26.0 Å². The molecule has 0 radical (unpaired) electrons. The lowest BCUT2D eigenvalue weighted by atomic mass is 10.2. The van der Waals surface area contributed by atoms with Crippen molar-refractivity contribution in [3.05, 3.63) is 29.6 Å². The van der Waals surface area contributed by atoms with E-state index < -0.39 is 0 Å². The minimum absolute atomic E-state index is 0.117. The van der Waals surface area contributed by atoms with Crippen LogP contribution in [0.25, 0.3) is 0 Å². The predicted octanol–water partition coefficient (Wildman–Crippen LogP) is 3.45. The molecular formula is C14H22FNOS. The topological polar surface area (TPSA) is 21.3 Å². The zero-order valence-corrected chi connectivity index (χ0v) is 12.0. The fraction of sp³-hybridized carbons (Fsp3) is 0.571. The van der Waals surface area contributed by atoms with Crippen LogP contribution in [0, 0.1) is 5.82 Å². The van der Waals surface area contributed by atoms with Crippen LogP contribution >= 0.6 is 11.8 Å².